The van der Waals surface area contributed by atoms with Crippen molar-refractivity contribution >= 4 is 45.9 Å². The molecule has 1 rings (SSSR count). The third kappa shape index (κ3) is 2.88. The van der Waals surface area contributed by atoms with Crippen LogP contribution < -0.4 is 0 Å². The molecule has 1 aromatic rings. The average molecular weight is 182 g/mol. The van der Waals surface area contributed by atoms with Crippen molar-refractivity contribution in [3.63, 3.8) is 0 Å². The van der Waals surface area contributed by atoms with Gasteiger partial charge in [-0.2, -0.15) is 0 Å². The number of thiophene rings is 1. The fourth-order valence-electron chi connectivity index (χ4n) is 0.550. The Hall–Kier alpha value is 0.0600. The van der Waals surface area contributed by atoms with Crippen LogP contribution in [0, 0.1) is 10.1 Å². The molecule has 0 aliphatic rings. The van der Waals surface area contributed by atoms with E-state index in [1.807, 2.05) is 0 Å². The summed E-state index contributed by atoms with van der Waals surface area (Å²) < 4.78 is 0. The molecule has 6 heteroatoms. The fourth-order valence-corrected chi connectivity index (χ4v) is 1.23. The molecule has 1 N–H and O–H groups in total. The molecule has 0 unspecified atom stereocenters. The Morgan fingerprint density at radius 3 is 2.55 bits per heavy atom. The molecule has 11 heavy (non-hydrogen) atoms. The normalized spacial score (nSPS) is 8.82. The van der Waals surface area contributed by atoms with Crippen LogP contribution in [0.5, 0.6) is 0 Å². The van der Waals surface area contributed by atoms with Gasteiger partial charge in [-0.05, 0) is 6.07 Å². The first-order valence-corrected chi connectivity index (χ1v) is 3.39. The van der Waals surface area contributed by atoms with Crippen LogP contribution in [0.15, 0.2) is 12.1 Å². The third-order valence-corrected chi connectivity index (χ3v) is 2.00. The van der Waals surface area contributed by atoms with Crippen molar-refractivity contribution < 1.29 is 10.0 Å². The molecule has 55 valence electrons. The molecule has 0 saturated heterocycles. The van der Waals surface area contributed by atoms with Crippen molar-refractivity contribution in [1.82, 2.24) is 0 Å². The van der Waals surface area contributed by atoms with Gasteiger partial charge in [-0.1, -0.05) is 11.3 Å². The summed E-state index contributed by atoms with van der Waals surface area (Å²) >= 11 is 0.992. The molecular weight excluding hydrogens is 177 g/mol. The molecule has 0 amide bonds. The Balaban J connectivity index is 0.000001000. The van der Waals surface area contributed by atoms with Crippen LogP contribution in [0.2, 0.25) is 0 Å². The van der Waals surface area contributed by atoms with Gasteiger partial charge in [0.1, 0.15) is 0 Å². The Bertz CT molecular complexity index is 250. The summed E-state index contributed by atoms with van der Waals surface area (Å²) in [6, 6.07) is 2.93. The second-order valence-electron chi connectivity index (χ2n) is 1.66. The number of hydrogen-bond donors (Lipinski definition) is 1. The predicted octanol–water partition coefficient (Wildman–Crippen LogP) is 0.768. The maximum Gasteiger partial charge on any atom is 0.324 e. The van der Waals surface area contributed by atoms with Crippen LogP contribution in [0.4, 0.5) is 5.00 Å². The van der Waals surface area contributed by atoms with Crippen molar-refractivity contribution in [2.75, 3.05) is 0 Å². The molecule has 4 nitrogen and oxygen atoms in total. The van der Waals surface area contributed by atoms with Gasteiger partial charge in [0, 0.05) is 40.5 Å². The number of hydrogen-bond acceptors (Lipinski definition) is 4. The standard InChI is InChI=1S/C5H5NO3S.Na/c7-3-4-1-2-5(10-4)6(8)9;/h1-2,7H,3H2;. The Morgan fingerprint density at radius 2 is 2.27 bits per heavy atom. The second kappa shape index (κ2) is 4.84. The summed E-state index contributed by atoms with van der Waals surface area (Å²) in [5.41, 5.74) is 0. The van der Waals surface area contributed by atoms with E-state index < -0.39 is 4.92 Å². The molecule has 1 aromatic heterocycles. The zero-order valence-electron chi connectivity index (χ0n) is 5.98. The van der Waals surface area contributed by atoms with Gasteiger partial charge in [0.2, 0.25) is 0 Å². The van der Waals surface area contributed by atoms with Gasteiger partial charge >= 0.3 is 5.00 Å². The molecule has 0 atom stereocenters. The van der Waals surface area contributed by atoms with Gasteiger partial charge in [0.05, 0.1) is 11.5 Å². The van der Waals surface area contributed by atoms with Crippen LogP contribution in [0.3, 0.4) is 0 Å². The van der Waals surface area contributed by atoms with E-state index in [9.17, 15) is 10.1 Å². The third-order valence-electron chi connectivity index (χ3n) is 0.983. The van der Waals surface area contributed by atoms with Crippen LogP contribution in [-0.4, -0.2) is 39.6 Å². The fraction of sp³-hybridized carbons (Fsp3) is 0.200. The van der Waals surface area contributed by atoms with Crippen molar-refractivity contribution in [1.29, 1.82) is 0 Å². The molecule has 0 spiro atoms. The quantitative estimate of drug-likeness (QED) is 0.417. The van der Waals surface area contributed by atoms with Crippen molar-refractivity contribution in [2.45, 2.75) is 6.61 Å². The number of aliphatic hydroxyl groups excluding tert-OH is 1. The van der Waals surface area contributed by atoms with Crippen LogP contribution in [0.25, 0.3) is 0 Å². The van der Waals surface area contributed by atoms with E-state index >= 15 is 0 Å². The SMILES string of the molecule is O=[N+]([O-])c1ccc(CO)s1.[Na]. The first kappa shape index (κ1) is 11.1. The number of aliphatic hydroxyl groups is 1. The summed E-state index contributed by atoms with van der Waals surface area (Å²) in [7, 11) is 0. The van der Waals surface area contributed by atoms with Crippen LogP contribution in [0.1, 0.15) is 4.88 Å². The zero-order chi connectivity index (χ0) is 7.56. The molecule has 0 aliphatic heterocycles. The van der Waals surface area contributed by atoms with E-state index in [-0.39, 0.29) is 41.2 Å². The van der Waals surface area contributed by atoms with E-state index in [0.717, 1.165) is 11.3 Å². The minimum atomic E-state index is -0.468. The molecule has 0 saturated carbocycles. The van der Waals surface area contributed by atoms with E-state index in [2.05, 4.69) is 0 Å². The smallest absolute Gasteiger partial charge is 0.324 e. The Morgan fingerprint density at radius 1 is 1.64 bits per heavy atom. The van der Waals surface area contributed by atoms with Gasteiger partial charge in [-0.15, -0.1) is 0 Å². The minimum absolute atomic E-state index is 0. The summed E-state index contributed by atoms with van der Waals surface area (Å²) in [4.78, 5) is 10.2. The maximum atomic E-state index is 10.1. The molecular formula is C5H5NNaO3S. The summed E-state index contributed by atoms with van der Waals surface area (Å²) in [6.07, 6.45) is 0. The molecule has 0 bridgehead atoms. The van der Waals surface area contributed by atoms with Gasteiger partial charge < -0.3 is 5.11 Å². The average Bonchev–Trinajstić information content (AvgIpc) is 2.34. The topological polar surface area (TPSA) is 63.4 Å². The summed E-state index contributed by atoms with van der Waals surface area (Å²) in [5, 5.41) is 18.7. The molecule has 1 heterocycles. The van der Waals surface area contributed by atoms with Crippen molar-refractivity contribution in [2.24, 2.45) is 0 Å². The maximum absolute atomic E-state index is 10.1. The Kier molecular flexibility index (Phi) is 4.87. The van der Waals surface area contributed by atoms with E-state index in [1.54, 1.807) is 6.07 Å². The van der Waals surface area contributed by atoms with Gasteiger partial charge in [0.15, 0.2) is 0 Å². The molecule has 1 radical (unpaired) electrons. The molecule has 0 aliphatic carbocycles. The largest absolute Gasteiger partial charge is 0.391 e. The van der Waals surface area contributed by atoms with Gasteiger partial charge in [-0.25, -0.2) is 0 Å². The molecule has 0 fully saturated rings. The van der Waals surface area contributed by atoms with Crippen molar-refractivity contribution in [3.05, 3.63) is 27.1 Å². The van der Waals surface area contributed by atoms with E-state index in [0.29, 0.717) is 4.88 Å². The first-order chi connectivity index (χ1) is 4.74. The first-order valence-electron chi connectivity index (χ1n) is 2.58. The van der Waals surface area contributed by atoms with Crippen LogP contribution in [-0.2, 0) is 6.61 Å². The second-order valence-corrected chi connectivity index (χ2v) is 2.80. The van der Waals surface area contributed by atoms with E-state index in [4.69, 9.17) is 5.11 Å². The van der Waals surface area contributed by atoms with Crippen LogP contribution >= 0.6 is 11.3 Å². The van der Waals surface area contributed by atoms with Gasteiger partial charge in [0.25, 0.3) is 0 Å². The van der Waals surface area contributed by atoms with E-state index in [1.165, 1.54) is 6.07 Å². The minimum Gasteiger partial charge on any atom is -0.391 e. The number of nitro groups is 1. The Labute approximate surface area is 89.3 Å². The van der Waals surface area contributed by atoms with Crippen molar-refractivity contribution in [3.8, 4) is 0 Å². The summed E-state index contributed by atoms with van der Waals surface area (Å²) in [6.45, 7) is -0.126. The van der Waals surface area contributed by atoms with Gasteiger partial charge in [-0.3, -0.25) is 10.1 Å². The predicted molar refractivity (Wildman–Crippen MR) is 42.7 cm³/mol. The number of nitrogens with zero attached hydrogens (tertiary/aromatic N) is 1. The summed E-state index contributed by atoms with van der Waals surface area (Å²) in [5.74, 6) is 0. The number of rotatable bonds is 2. The monoisotopic (exact) mass is 182 g/mol. The molecule has 0 aromatic carbocycles. The zero-order valence-corrected chi connectivity index (χ0v) is 8.80.